The van der Waals surface area contributed by atoms with Crippen molar-refractivity contribution in [3.8, 4) is 0 Å². The highest BCUT2D eigenvalue weighted by molar-refractivity contribution is 5.92. The van der Waals surface area contributed by atoms with Crippen molar-refractivity contribution in [2.24, 2.45) is 0 Å². The summed E-state index contributed by atoms with van der Waals surface area (Å²) in [5.41, 5.74) is 1.88. The number of hydrogen-bond donors (Lipinski definition) is 1. The molecule has 5 nitrogen and oxygen atoms in total. The molecule has 1 heterocycles. The van der Waals surface area contributed by atoms with E-state index in [0.717, 1.165) is 17.5 Å². The summed E-state index contributed by atoms with van der Waals surface area (Å²) in [5, 5.41) is 2.92. The number of benzene rings is 1. The maximum absolute atomic E-state index is 12.6. The van der Waals surface area contributed by atoms with E-state index in [2.05, 4.69) is 5.32 Å². The SMILES string of the molecule is COCCCNC(=O)[C@@H]1c2ccccc2CC(=O)N1C(C)C. The number of carbonyl (C=O) groups excluding carboxylic acids is 2. The quantitative estimate of drug-likeness (QED) is 0.813. The van der Waals surface area contributed by atoms with Gasteiger partial charge in [0, 0.05) is 26.3 Å². The summed E-state index contributed by atoms with van der Waals surface area (Å²) in [6.07, 6.45) is 1.12. The molecule has 0 aliphatic carbocycles. The molecule has 0 saturated heterocycles. The molecule has 1 aromatic rings. The van der Waals surface area contributed by atoms with Crippen LogP contribution in [-0.4, -0.2) is 43.0 Å². The summed E-state index contributed by atoms with van der Waals surface area (Å²) < 4.78 is 4.99. The third-order valence-corrected chi connectivity index (χ3v) is 3.89. The van der Waals surface area contributed by atoms with Gasteiger partial charge in [0.2, 0.25) is 11.8 Å². The van der Waals surface area contributed by atoms with Crippen LogP contribution >= 0.6 is 0 Å². The molecule has 1 aliphatic rings. The van der Waals surface area contributed by atoms with E-state index in [0.29, 0.717) is 19.6 Å². The van der Waals surface area contributed by atoms with Crippen molar-refractivity contribution >= 4 is 11.8 Å². The molecule has 120 valence electrons. The van der Waals surface area contributed by atoms with Crippen molar-refractivity contribution in [3.63, 3.8) is 0 Å². The predicted molar refractivity (Wildman–Crippen MR) is 84.4 cm³/mol. The Morgan fingerprint density at radius 2 is 2.14 bits per heavy atom. The molecule has 1 N–H and O–H groups in total. The Balaban J connectivity index is 2.23. The Morgan fingerprint density at radius 3 is 2.82 bits per heavy atom. The number of rotatable bonds is 6. The van der Waals surface area contributed by atoms with Crippen molar-refractivity contribution in [3.05, 3.63) is 35.4 Å². The summed E-state index contributed by atoms with van der Waals surface area (Å²) in [6.45, 7) is 5.04. The lowest BCUT2D eigenvalue weighted by molar-refractivity contribution is -0.143. The van der Waals surface area contributed by atoms with Crippen LogP contribution in [0.5, 0.6) is 0 Å². The summed E-state index contributed by atoms with van der Waals surface area (Å²) in [6, 6.07) is 7.13. The Morgan fingerprint density at radius 1 is 1.41 bits per heavy atom. The lowest BCUT2D eigenvalue weighted by atomic mass is 9.90. The van der Waals surface area contributed by atoms with Crippen LogP contribution < -0.4 is 5.32 Å². The van der Waals surface area contributed by atoms with Crippen molar-refractivity contribution in [2.75, 3.05) is 20.3 Å². The van der Waals surface area contributed by atoms with Crippen LogP contribution in [0.2, 0.25) is 0 Å². The topological polar surface area (TPSA) is 58.6 Å². The molecule has 0 radical (unpaired) electrons. The molecular formula is C17H24N2O3. The number of fused-ring (bicyclic) bond motifs is 1. The van der Waals surface area contributed by atoms with E-state index in [1.165, 1.54) is 0 Å². The smallest absolute Gasteiger partial charge is 0.247 e. The fourth-order valence-electron chi connectivity index (χ4n) is 2.89. The van der Waals surface area contributed by atoms with Gasteiger partial charge in [-0.3, -0.25) is 9.59 Å². The molecular weight excluding hydrogens is 280 g/mol. The average Bonchev–Trinajstić information content (AvgIpc) is 2.49. The summed E-state index contributed by atoms with van der Waals surface area (Å²) in [4.78, 5) is 26.7. The maximum atomic E-state index is 12.6. The zero-order valence-corrected chi connectivity index (χ0v) is 13.5. The zero-order valence-electron chi connectivity index (χ0n) is 13.5. The van der Waals surface area contributed by atoms with Gasteiger partial charge in [-0.15, -0.1) is 0 Å². The molecule has 1 aliphatic heterocycles. The Labute approximate surface area is 131 Å². The van der Waals surface area contributed by atoms with E-state index in [-0.39, 0.29) is 17.9 Å². The number of nitrogens with zero attached hydrogens (tertiary/aromatic N) is 1. The minimum atomic E-state index is -0.542. The average molecular weight is 304 g/mol. The molecule has 5 heteroatoms. The summed E-state index contributed by atoms with van der Waals surface area (Å²) >= 11 is 0. The van der Waals surface area contributed by atoms with E-state index in [1.807, 2.05) is 38.1 Å². The predicted octanol–water partition coefficient (Wildman–Crippen LogP) is 1.67. The molecule has 2 amide bonds. The van der Waals surface area contributed by atoms with Crippen LogP contribution in [0.25, 0.3) is 0 Å². The van der Waals surface area contributed by atoms with Gasteiger partial charge in [-0.05, 0) is 31.4 Å². The molecule has 0 saturated carbocycles. The van der Waals surface area contributed by atoms with E-state index >= 15 is 0 Å². The summed E-state index contributed by atoms with van der Waals surface area (Å²) in [7, 11) is 1.64. The van der Waals surface area contributed by atoms with Crippen molar-refractivity contribution < 1.29 is 14.3 Å². The van der Waals surface area contributed by atoms with Crippen LogP contribution in [0.3, 0.4) is 0 Å². The van der Waals surface area contributed by atoms with Gasteiger partial charge in [0.1, 0.15) is 6.04 Å². The van der Waals surface area contributed by atoms with Crippen molar-refractivity contribution in [1.29, 1.82) is 0 Å². The fraction of sp³-hybridized carbons (Fsp3) is 0.529. The molecule has 0 fully saturated rings. The normalized spacial score (nSPS) is 17.5. The molecule has 22 heavy (non-hydrogen) atoms. The Bertz CT molecular complexity index is 542. The van der Waals surface area contributed by atoms with Crippen LogP contribution in [0.4, 0.5) is 0 Å². The van der Waals surface area contributed by atoms with Crippen molar-refractivity contribution in [2.45, 2.75) is 38.8 Å². The van der Waals surface area contributed by atoms with Gasteiger partial charge in [-0.1, -0.05) is 24.3 Å². The standard InChI is InChI=1S/C17H24N2O3/c1-12(2)19-15(20)11-13-7-4-5-8-14(13)16(19)17(21)18-9-6-10-22-3/h4-5,7-8,12,16H,6,9-11H2,1-3H3,(H,18,21)/t16-/m0/s1. The number of amides is 2. The van der Waals surface area contributed by atoms with Crippen LogP contribution in [0.15, 0.2) is 24.3 Å². The molecule has 2 rings (SSSR count). The van der Waals surface area contributed by atoms with E-state index < -0.39 is 6.04 Å². The first-order valence-electron chi connectivity index (χ1n) is 7.72. The van der Waals surface area contributed by atoms with Gasteiger partial charge in [-0.25, -0.2) is 0 Å². The fourth-order valence-corrected chi connectivity index (χ4v) is 2.89. The number of hydrogen-bond acceptors (Lipinski definition) is 3. The Kier molecular flexibility index (Phi) is 5.55. The number of nitrogens with one attached hydrogen (secondary N) is 1. The van der Waals surface area contributed by atoms with Crippen LogP contribution in [0.1, 0.15) is 37.4 Å². The van der Waals surface area contributed by atoms with Gasteiger partial charge in [-0.2, -0.15) is 0 Å². The largest absolute Gasteiger partial charge is 0.385 e. The van der Waals surface area contributed by atoms with Gasteiger partial charge in [0.05, 0.1) is 6.42 Å². The molecule has 0 bridgehead atoms. The molecule has 1 atom stereocenters. The molecule has 1 aromatic carbocycles. The molecule has 0 unspecified atom stereocenters. The Hall–Kier alpha value is -1.88. The highest BCUT2D eigenvalue weighted by Crippen LogP contribution is 2.32. The van der Waals surface area contributed by atoms with E-state index in [9.17, 15) is 9.59 Å². The first-order chi connectivity index (χ1) is 10.6. The molecule has 0 spiro atoms. The lowest BCUT2D eigenvalue weighted by Crippen LogP contribution is -2.50. The second kappa shape index (κ2) is 7.40. The van der Waals surface area contributed by atoms with E-state index in [4.69, 9.17) is 4.74 Å². The van der Waals surface area contributed by atoms with Crippen molar-refractivity contribution in [1.82, 2.24) is 10.2 Å². The number of methoxy groups -OCH3 is 1. The lowest BCUT2D eigenvalue weighted by Gasteiger charge is -2.39. The monoisotopic (exact) mass is 304 g/mol. The van der Waals surface area contributed by atoms with Gasteiger partial charge >= 0.3 is 0 Å². The van der Waals surface area contributed by atoms with E-state index in [1.54, 1.807) is 12.0 Å². The second-order valence-corrected chi connectivity index (χ2v) is 5.81. The minimum absolute atomic E-state index is 0.00532. The zero-order chi connectivity index (χ0) is 16.1. The van der Waals surface area contributed by atoms with Gasteiger partial charge < -0.3 is 15.0 Å². The number of carbonyl (C=O) groups is 2. The van der Waals surface area contributed by atoms with Crippen LogP contribution in [0, 0.1) is 0 Å². The first-order valence-corrected chi connectivity index (χ1v) is 7.72. The first kappa shape index (κ1) is 16.5. The maximum Gasteiger partial charge on any atom is 0.247 e. The third-order valence-electron chi connectivity index (χ3n) is 3.89. The summed E-state index contributed by atoms with van der Waals surface area (Å²) in [5.74, 6) is -0.115. The second-order valence-electron chi connectivity index (χ2n) is 5.81. The van der Waals surface area contributed by atoms with Gasteiger partial charge in [0.15, 0.2) is 0 Å². The highest BCUT2D eigenvalue weighted by Gasteiger charge is 2.38. The third kappa shape index (κ3) is 3.47. The minimum Gasteiger partial charge on any atom is -0.385 e. The number of ether oxygens (including phenoxy) is 1. The van der Waals surface area contributed by atoms with Gasteiger partial charge in [0.25, 0.3) is 0 Å². The van der Waals surface area contributed by atoms with Crippen LogP contribution in [-0.2, 0) is 20.7 Å². The highest BCUT2D eigenvalue weighted by atomic mass is 16.5. The molecule has 0 aromatic heterocycles.